The molecule has 2 fully saturated rings. The fourth-order valence-corrected chi connectivity index (χ4v) is 2.60. The number of rotatable bonds is 6. The van der Waals surface area contributed by atoms with Crippen molar-refractivity contribution < 1.29 is 19.1 Å². The third-order valence-corrected chi connectivity index (χ3v) is 3.99. The van der Waals surface area contributed by atoms with Gasteiger partial charge in [-0.1, -0.05) is 6.42 Å². The Balaban J connectivity index is 1.85. The molecule has 0 atom stereocenters. The molecule has 0 aromatic heterocycles. The first-order valence-corrected chi connectivity index (χ1v) is 7.26. The number of hydrogen-bond donors (Lipinski definition) is 1. The lowest BCUT2D eigenvalue weighted by molar-refractivity contribution is -0.157. The molecule has 1 saturated heterocycles. The van der Waals surface area contributed by atoms with Crippen LogP contribution in [0, 0.1) is 5.41 Å². The summed E-state index contributed by atoms with van der Waals surface area (Å²) >= 11 is 0. The fraction of sp³-hybridized carbons (Fsp3) is 0.786. The second kappa shape index (κ2) is 5.91. The minimum Gasteiger partial charge on any atom is -0.379 e. The van der Waals surface area contributed by atoms with Crippen LogP contribution in [0.4, 0.5) is 4.79 Å². The molecule has 0 aromatic carbocycles. The molecule has 112 valence electrons. The summed E-state index contributed by atoms with van der Waals surface area (Å²) in [6.07, 6.45) is 3.64. The van der Waals surface area contributed by atoms with Gasteiger partial charge in [0.2, 0.25) is 11.8 Å². The number of amides is 4. The molecular weight excluding hydrogens is 260 g/mol. The molecule has 6 heteroatoms. The first kappa shape index (κ1) is 15.0. The first-order valence-electron chi connectivity index (χ1n) is 7.26. The van der Waals surface area contributed by atoms with Gasteiger partial charge in [0.1, 0.15) is 5.41 Å². The van der Waals surface area contributed by atoms with Crippen molar-refractivity contribution in [2.75, 3.05) is 13.2 Å². The van der Waals surface area contributed by atoms with Crippen LogP contribution in [0.3, 0.4) is 0 Å². The van der Waals surface area contributed by atoms with E-state index < -0.39 is 17.4 Å². The molecular formula is C14H22N2O4. The van der Waals surface area contributed by atoms with Gasteiger partial charge in [-0.25, -0.2) is 4.79 Å². The Hall–Kier alpha value is -1.43. The number of urea groups is 1. The van der Waals surface area contributed by atoms with Gasteiger partial charge in [0.15, 0.2) is 0 Å². The normalized spacial score (nSPS) is 21.4. The highest BCUT2D eigenvalue weighted by Crippen LogP contribution is 2.44. The van der Waals surface area contributed by atoms with Crippen LogP contribution < -0.4 is 5.32 Å². The number of nitrogens with zero attached hydrogens (tertiary/aromatic N) is 1. The number of barbiturate groups is 1. The Morgan fingerprint density at radius 3 is 2.50 bits per heavy atom. The van der Waals surface area contributed by atoms with Gasteiger partial charge in [0, 0.05) is 13.2 Å². The van der Waals surface area contributed by atoms with Gasteiger partial charge < -0.3 is 4.74 Å². The van der Waals surface area contributed by atoms with E-state index in [0.29, 0.717) is 32.4 Å². The first-order chi connectivity index (χ1) is 9.47. The third kappa shape index (κ3) is 2.70. The SMILES string of the molecule is CC(C)OCCCCN1C(=O)NC(=O)C2(CCC2)C1=O. The molecule has 1 saturated carbocycles. The summed E-state index contributed by atoms with van der Waals surface area (Å²) in [4.78, 5) is 37.1. The predicted octanol–water partition coefficient (Wildman–Crippen LogP) is 1.44. The number of imide groups is 2. The van der Waals surface area contributed by atoms with Crippen molar-refractivity contribution in [3.05, 3.63) is 0 Å². The molecule has 6 nitrogen and oxygen atoms in total. The molecule has 0 aromatic rings. The van der Waals surface area contributed by atoms with Crippen LogP contribution in [-0.2, 0) is 14.3 Å². The molecule has 0 unspecified atom stereocenters. The Kier molecular flexibility index (Phi) is 4.42. The number of carbonyl (C=O) groups excluding carboxylic acids is 3. The van der Waals surface area contributed by atoms with Gasteiger partial charge in [-0.15, -0.1) is 0 Å². The lowest BCUT2D eigenvalue weighted by atomic mass is 9.66. The summed E-state index contributed by atoms with van der Waals surface area (Å²) in [5.41, 5.74) is -0.956. The monoisotopic (exact) mass is 282 g/mol. The lowest BCUT2D eigenvalue weighted by Gasteiger charge is -2.44. The molecule has 4 amide bonds. The van der Waals surface area contributed by atoms with E-state index in [-0.39, 0.29) is 12.0 Å². The van der Waals surface area contributed by atoms with Crippen molar-refractivity contribution in [2.45, 2.75) is 52.1 Å². The van der Waals surface area contributed by atoms with Crippen LogP contribution in [0.2, 0.25) is 0 Å². The van der Waals surface area contributed by atoms with Gasteiger partial charge in [-0.2, -0.15) is 0 Å². The second-order valence-corrected chi connectivity index (χ2v) is 5.78. The molecule has 0 bridgehead atoms. The molecule has 1 aliphatic heterocycles. The van der Waals surface area contributed by atoms with Crippen LogP contribution in [0.5, 0.6) is 0 Å². The number of hydrogen-bond acceptors (Lipinski definition) is 4. The zero-order valence-corrected chi connectivity index (χ0v) is 12.1. The maximum absolute atomic E-state index is 12.3. The highest BCUT2D eigenvalue weighted by molar-refractivity contribution is 6.19. The average molecular weight is 282 g/mol. The van der Waals surface area contributed by atoms with Crippen LogP contribution in [0.15, 0.2) is 0 Å². The predicted molar refractivity (Wildman–Crippen MR) is 71.9 cm³/mol. The Labute approximate surface area is 118 Å². The summed E-state index contributed by atoms with van der Waals surface area (Å²) in [5.74, 6) is -0.736. The largest absolute Gasteiger partial charge is 0.379 e. The molecule has 1 aliphatic carbocycles. The van der Waals surface area contributed by atoms with E-state index in [1.165, 1.54) is 4.90 Å². The van der Waals surface area contributed by atoms with Crippen LogP contribution in [-0.4, -0.2) is 42.0 Å². The summed E-state index contributed by atoms with van der Waals surface area (Å²) < 4.78 is 5.42. The average Bonchev–Trinajstić information content (AvgIpc) is 2.30. The topological polar surface area (TPSA) is 75.7 Å². The third-order valence-electron chi connectivity index (χ3n) is 3.99. The molecule has 2 rings (SSSR count). The smallest absolute Gasteiger partial charge is 0.330 e. The molecule has 0 radical (unpaired) electrons. The molecule has 20 heavy (non-hydrogen) atoms. The summed E-state index contributed by atoms with van der Waals surface area (Å²) in [7, 11) is 0. The fourth-order valence-electron chi connectivity index (χ4n) is 2.60. The Bertz CT molecular complexity index is 415. The summed E-state index contributed by atoms with van der Waals surface area (Å²) in [6.45, 7) is 4.90. The van der Waals surface area contributed by atoms with Gasteiger partial charge in [-0.3, -0.25) is 19.8 Å². The van der Waals surface area contributed by atoms with Crippen molar-refractivity contribution in [3.63, 3.8) is 0 Å². The molecule has 2 aliphatic rings. The molecule has 1 spiro atoms. The standard InChI is InChI=1S/C14H22N2O4/c1-10(2)20-9-4-3-8-16-12(18)14(6-5-7-14)11(17)15-13(16)19/h10H,3-9H2,1-2H3,(H,15,17,19). The maximum Gasteiger partial charge on any atom is 0.330 e. The second-order valence-electron chi connectivity index (χ2n) is 5.78. The van der Waals surface area contributed by atoms with E-state index in [9.17, 15) is 14.4 Å². The maximum atomic E-state index is 12.3. The molecule has 1 N–H and O–H groups in total. The summed E-state index contributed by atoms with van der Waals surface area (Å²) in [6, 6.07) is -0.581. The zero-order valence-electron chi connectivity index (χ0n) is 12.1. The molecule has 1 heterocycles. The summed E-state index contributed by atoms with van der Waals surface area (Å²) in [5, 5.41) is 2.31. The van der Waals surface area contributed by atoms with E-state index in [1.54, 1.807) is 0 Å². The highest BCUT2D eigenvalue weighted by Gasteiger charge is 2.57. The van der Waals surface area contributed by atoms with Crippen molar-refractivity contribution >= 4 is 17.8 Å². The van der Waals surface area contributed by atoms with Crippen molar-refractivity contribution in [2.24, 2.45) is 5.41 Å². The zero-order chi connectivity index (χ0) is 14.8. The number of nitrogens with one attached hydrogen (secondary N) is 1. The highest BCUT2D eigenvalue weighted by atomic mass is 16.5. The Morgan fingerprint density at radius 2 is 1.95 bits per heavy atom. The van der Waals surface area contributed by atoms with Crippen LogP contribution in [0.25, 0.3) is 0 Å². The quantitative estimate of drug-likeness (QED) is 0.591. The van der Waals surface area contributed by atoms with E-state index in [0.717, 1.165) is 12.8 Å². The van der Waals surface area contributed by atoms with Gasteiger partial charge in [0.25, 0.3) is 0 Å². The van der Waals surface area contributed by atoms with Crippen molar-refractivity contribution in [3.8, 4) is 0 Å². The van der Waals surface area contributed by atoms with E-state index >= 15 is 0 Å². The van der Waals surface area contributed by atoms with Crippen LogP contribution >= 0.6 is 0 Å². The van der Waals surface area contributed by atoms with E-state index in [2.05, 4.69) is 5.32 Å². The Morgan fingerprint density at radius 1 is 1.25 bits per heavy atom. The van der Waals surface area contributed by atoms with E-state index in [4.69, 9.17) is 4.74 Å². The number of carbonyl (C=O) groups is 3. The van der Waals surface area contributed by atoms with Gasteiger partial charge in [-0.05, 0) is 39.5 Å². The van der Waals surface area contributed by atoms with E-state index in [1.807, 2.05) is 13.8 Å². The van der Waals surface area contributed by atoms with Crippen molar-refractivity contribution in [1.82, 2.24) is 10.2 Å². The minimum absolute atomic E-state index is 0.186. The number of ether oxygens (including phenoxy) is 1. The van der Waals surface area contributed by atoms with Crippen molar-refractivity contribution in [1.29, 1.82) is 0 Å². The van der Waals surface area contributed by atoms with Crippen LogP contribution in [0.1, 0.15) is 46.0 Å². The van der Waals surface area contributed by atoms with Gasteiger partial charge >= 0.3 is 6.03 Å². The minimum atomic E-state index is -0.956. The number of unbranched alkanes of at least 4 members (excludes halogenated alkanes) is 1. The lowest BCUT2D eigenvalue weighted by Crippen LogP contribution is -2.66. The van der Waals surface area contributed by atoms with Gasteiger partial charge in [0.05, 0.1) is 6.10 Å².